The van der Waals surface area contributed by atoms with Crippen LogP contribution in [0.4, 0.5) is 5.69 Å². The van der Waals surface area contributed by atoms with E-state index < -0.39 is 15.2 Å². The molecule has 108 valence electrons. The lowest BCUT2D eigenvalue weighted by Gasteiger charge is -2.18. The molecule has 0 heterocycles. The number of halogens is 3. The van der Waals surface area contributed by atoms with Crippen LogP contribution in [0.5, 0.6) is 0 Å². The zero-order valence-electron chi connectivity index (χ0n) is 10.5. The molecule has 0 spiro atoms. The third kappa shape index (κ3) is 3.16. The summed E-state index contributed by atoms with van der Waals surface area (Å²) in [6, 6.07) is 4.11. The lowest BCUT2D eigenvalue weighted by molar-refractivity contribution is -0.384. The summed E-state index contributed by atoms with van der Waals surface area (Å²) >= 11 is 17.7. The van der Waals surface area contributed by atoms with Crippen LogP contribution in [0.25, 0.3) is 0 Å². The van der Waals surface area contributed by atoms with Gasteiger partial charge in [-0.05, 0) is 18.1 Å². The van der Waals surface area contributed by atoms with Gasteiger partial charge in [-0.3, -0.25) is 14.9 Å². The number of carbonyl (C=O) groups excluding carboxylic acids is 1. The number of benzene rings is 1. The molecule has 1 aliphatic rings. The summed E-state index contributed by atoms with van der Waals surface area (Å²) < 4.78 is -0.988. The Hall–Kier alpha value is -1.04. The van der Waals surface area contributed by atoms with Crippen molar-refractivity contribution in [3.8, 4) is 0 Å². The van der Waals surface area contributed by atoms with Gasteiger partial charge >= 0.3 is 0 Å². The molecule has 1 atom stereocenters. The Morgan fingerprint density at radius 2 is 2.15 bits per heavy atom. The smallest absolute Gasteiger partial charge is 0.269 e. The van der Waals surface area contributed by atoms with Crippen LogP contribution in [-0.4, -0.2) is 27.1 Å². The van der Waals surface area contributed by atoms with E-state index in [9.17, 15) is 14.9 Å². The van der Waals surface area contributed by atoms with E-state index in [1.807, 2.05) is 0 Å². The predicted molar refractivity (Wildman–Crippen MR) is 77.1 cm³/mol. The third-order valence-corrected chi connectivity index (χ3v) is 4.35. The highest BCUT2D eigenvalue weighted by molar-refractivity contribution is 6.52. The molecule has 0 bridgehead atoms. The minimum Gasteiger partial charge on any atom is -0.341 e. The van der Waals surface area contributed by atoms with Crippen molar-refractivity contribution >= 4 is 46.4 Å². The Balaban J connectivity index is 2.11. The zero-order chi connectivity index (χ0) is 15.1. The van der Waals surface area contributed by atoms with Crippen molar-refractivity contribution in [2.45, 2.75) is 17.3 Å². The molecule has 1 aliphatic carbocycles. The number of rotatable bonds is 4. The lowest BCUT2D eigenvalue weighted by Crippen LogP contribution is -2.29. The molecule has 20 heavy (non-hydrogen) atoms. The van der Waals surface area contributed by atoms with E-state index in [0.29, 0.717) is 17.0 Å². The first-order chi connectivity index (χ1) is 9.22. The predicted octanol–water partition coefficient (Wildman–Crippen LogP) is 3.40. The molecule has 1 aromatic carbocycles. The van der Waals surface area contributed by atoms with Crippen LogP contribution >= 0.6 is 34.8 Å². The summed E-state index contributed by atoms with van der Waals surface area (Å²) in [6.07, 6.45) is 0.419. The highest BCUT2D eigenvalue weighted by Crippen LogP contribution is 2.53. The van der Waals surface area contributed by atoms with Crippen LogP contribution in [-0.2, 0) is 11.3 Å². The number of amides is 1. The van der Waals surface area contributed by atoms with Crippen molar-refractivity contribution in [1.82, 2.24) is 4.90 Å². The lowest BCUT2D eigenvalue weighted by atomic mass is 10.2. The Kier molecular flexibility index (Phi) is 4.14. The quantitative estimate of drug-likeness (QED) is 0.480. The standard InChI is InChI=1S/C12H11Cl3N2O3/c1-16(11(18)9-5-12(9,14)15)6-7-4-8(17(19)20)2-3-10(7)13/h2-4,9H,5-6H2,1H3. The van der Waals surface area contributed by atoms with Gasteiger partial charge in [-0.15, -0.1) is 23.2 Å². The maximum absolute atomic E-state index is 12.0. The van der Waals surface area contributed by atoms with Crippen molar-refractivity contribution in [3.05, 3.63) is 38.9 Å². The van der Waals surface area contributed by atoms with E-state index in [0.717, 1.165) is 0 Å². The molecule has 0 saturated heterocycles. The van der Waals surface area contributed by atoms with E-state index in [4.69, 9.17) is 34.8 Å². The molecule has 8 heteroatoms. The fourth-order valence-corrected chi connectivity index (χ4v) is 2.55. The second kappa shape index (κ2) is 5.39. The average Bonchev–Trinajstić information content (AvgIpc) is 2.99. The topological polar surface area (TPSA) is 63.4 Å². The number of nitro benzene ring substituents is 1. The molecular formula is C12H11Cl3N2O3. The van der Waals surface area contributed by atoms with Crippen molar-refractivity contribution in [3.63, 3.8) is 0 Å². The Morgan fingerprint density at radius 1 is 1.55 bits per heavy atom. The van der Waals surface area contributed by atoms with Crippen molar-refractivity contribution in [1.29, 1.82) is 0 Å². The highest BCUT2D eigenvalue weighted by Gasteiger charge is 2.57. The van der Waals surface area contributed by atoms with E-state index >= 15 is 0 Å². The number of hydrogen-bond acceptors (Lipinski definition) is 3. The average molecular weight is 338 g/mol. The number of hydrogen-bond donors (Lipinski definition) is 0. The van der Waals surface area contributed by atoms with Crippen LogP contribution < -0.4 is 0 Å². The van der Waals surface area contributed by atoms with E-state index in [1.165, 1.54) is 23.1 Å². The maximum atomic E-state index is 12.0. The van der Waals surface area contributed by atoms with E-state index in [2.05, 4.69) is 0 Å². The monoisotopic (exact) mass is 336 g/mol. The molecule has 1 aromatic rings. The zero-order valence-corrected chi connectivity index (χ0v) is 12.7. The normalized spacial score (nSPS) is 19.5. The maximum Gasteiger partial charge on any atom is 0.269 e. The molecule has 1 saturated carbocycles. The van der Waals surface area contributed by atoms with Crippen molar-refractivity contribution < 1.29 is 9.72 Å². The van der Waals surface area contributed by atoms with Crippen molar-refractivity contribution in [2.75, 3.05) is 7.05 Å². The molecule has 0 radical (unpaired) electrons. The van der Waals surface area contributed by atoms with Crippen LogP contribution in [0.1, 0.15) is 12.0 Å². The van der Waals surface area contributed by atoms with Crippen LogP contribution in [0.15, 0.2) is 18.2 Å². The molecule has 0 aromatic heterocycles. The fourth-order valence-electron chi connectivity index (χ4n) is 1.88. The molecular weight excluding hydrogens is 327 g/mol. The highest BCUT2D eigenvalue weighted by atomic mass is 35.5. The van der Waals surface area contributed by atoms with Gasteiger partial charge in [0.05, 0.1) is 10.8 Å². The third-order valence-electron chi connectivity index (χ3n) is 3.15. The second-order valence-corrected chi connectivity index (χ2v) is 6.69. The first-order valence-electron chi connectivity index (χ1n) is 5.78. The summed E-state index contributed by atoms with van der Waals surface area (Å²) in [7, 11) is 1.58. The first kappa shape index (κ1) is 15.4. The van der Waals surface area contributed by atoms with Gasteiger partial charge < -0.3 is 4.90 Å². The van der Waals surface area contributed by atoms with E-state index in [-0.39, 0.29) is 18.1 Å². The first-order valence-corrected chi connectivity index (χ1v) is 6.91. The van der Waals surface area contributed by atoms with Gasteiger partial charge in [0.1, 0.15) is 4.33 Å². The second-order valence-electron chi connectivity index (χ2n) is 4.74. The van der Waals surface area contributed by atoms with Crippen LogP contribution in [0.3, 0.4) is 0 Å². The molecule has 2 rings (SSSR count). The van der Waals surface area contributed by atoms with Gasteiger partial charge in [0.15, 0.2) is 0 Å². The number of alkyl halides is 2. The number of carbonyl (C=O) groups is 1. The summed E-state index contributed by atoms with van der Waals surface area (Å²) in [5, 5.41) is 11.1. The van der Waals surface area contributed by atoms with E-state index in [1.54, 1.807) is 7.05 Å². The molecule has 1 fully saturated rings. The van der Waals surface area contributed by atoms with Crippen LogP contribution in [0, 0.1) is 16.0 Å². The SMILES string of the molecule is CN(Cc1cc([N+](=O)[O-])ccc1Cl)C(=O)C1CC1(Cl)Cl. The molecule has 1 unspecified atom stereocenters. The fraction of sp³-hybridized carbons (Fsp3) is 0.417. The largest absolute Gasteiger partial charge is 0.341 e. The number of nitro groups is 1. The van der Waals surface area contributed by atoms with Crippen molar-refractivity contribution in [2.24, 2.45) is 5.92 Å². The number of nitrogens with zero attached hydrogens (tertiary/aromatic N) is 2. The minimum atomic E-state index is -0.988. The minimum absolute atomic E-state index is 0.0688. The molecule has 1 amide bonds. The Morgan fingerprint density at radius 3 is 2.65 bits per heavy atom. The molecule has 5 nitrogen and oxygen atoms in total. The van der Waals surface area contributed by atoms with Crippen LogP contribution in [0.2, 0.25) is 5.02 Å². The number of non-ortho nitro benzene ring substituents is 1. The molecule has 0 aliphatic heterocycles. The van der Waals surface area contributed by atoms with Gasteiger partial charge in [0.2, 0.25) is 5.91 Å². The molecule has 0 N–H and O–H groups in total. The van der Waals surface area contributed by atoms with Gasteiger partial charge in [0.25, 0.3) is 5.69 Å². The van der Waals surface area contributed by atoms with Gasteiger partial charge in [-0.25, -0.2) is 0 Å². The Bertz CT molecular complexity index is 577. The Labute approximate surface area is 130 Å². The van der Waals surface area contributed by atoms with Gasteiger partial charge in [-0.2, -0.15) is 0 Å². The summed E-state index contributed by atoms with van der Waals surface area (Å²) in [5.41, 5.74) is 0.438. The summed E-state index contributed by atoms with van der Waals surface area (Å²) in [6.45, 7) is 0.166. The summed E-state index contributed by atoms with van der Waals surface area (Å²) in [4.78, 5) is 23.7. The van der Waals surface area contributed by atoms with Gasteiger partial charge in [0, 0.05) is 30.7 Å². The summed E-state index contributed by atoms with van der Waals surface area (Å²) in [5.74, 6) is -0.620. The van der Waals surface area contributed by atoms with Gasteiger partial charge in [-0.1, -0.05) is 11.6 Å².